The minimum Gasteiger partial charge on any atom is -0.497 e. The number of anilines is 1. The first-order valence-corrected chi connectivity index (χ1v) is 15.5. The zero-order chi connectivity index (χ0) is 30.2. The van der Waals surface area contributed by atoms with Crippen LogP contribution in [0.25, 0.3) is 0 Å². The molecule has 1 N–H and O–H groups in total. The summed E-state index contributed by atoms with van der Waals surface area (Å²) in [6.07, 6.45) is 1.05. The summed E-state index contributed by atoms with van der Waals surface area (Å²) < 4.78 is 34.0. The largest absolute Gasteiger partial charge is 0.497 e. The molecule has 0 aliphatic rings. The Hall–Kier alpha value is -3.27. The SMILES string of the molecule is CC[C@H](C(=O)N[C@@H](C)CC)N(Cc1ccc(Cl)cc1)C(=O)CN(c1ccc(Cl)cc1)S(=O)(=O)c1ccc(OC)cc1. The number of hydrogen-bond acceptors (Lipinski definition) is 5. The Bertz CT molecular complexity index is 1420. The van der Waals surface area contributed by atoms with Crippen molar-refractivity contribution in [2.24, 2.45) is 0 Å². The van der Waals surface area contributed by atoms with Gasteiger partial charge in [0.05, 0.1) is 17.7 Å². The first kappa shape index (κ1) is 32.2. The number of hydrogen-bond donors (Lipinski definition) is 1. The van der Waals surface area contributed by atoms with Gasteiger partial charge in [-0.1, -0.05) is 49.2 Å². The van der Waals surface area contributed by atoms with Crippen molar-refractivity contribution >= 4 is 50.7 Å². The third-order valence-corrected chi connectivity index (χ3v) is 8.99. The van der Waals surface area contributed by atoms with Crippen LogP contribution < -0.4 is 14.4 Å². The second kappa shape index (κ2) is 14.6. The fourth-order valence-corrected chi connectivity index (χ4v) is 5.82. The molecule has 0 heterocycles. The molecule has 0 aliphatic heterocycles. The van der Waals surface area contributed by atoms with Crippen molar-refractivity contribution in [2.45, 2.75) is 57.1 Å². The van der Waals surface area contributed by atoms with E-state index in [4.69, 9.17) is 27.9 Å². The Balaban J connectivity index is 2.05. The zero-order valence-electron chi connectivity index (χ0n) is 23.5. The molecule has 0 unspecified atom stereocenters. The number of methoxy groups -OCH3 is 1. The normalized spacial score (nSPS) is 12.7. The standard InChI is InChI=1S/C30H35Cl2N3O5S/c1-5-21(3)33-30(37)28(6-2)34(19-22-7-9-23(31)10-8-22)29(36)20-35(25-13-11-24(32)12-14-25)41(38,39)27-17-15-26(40-4)16-18-27/h7-18,21,28H,5-6,19-20H2,1-4H3,(H,33,37)/t21-,28+/m0/s1. The lowest BCUT2D eigenvalue weighted by atomic mass is 10.1. The molecule has 41 heavy (non-hydrogen) atoms. The highest BCUT2D eigenvalue weighted by molar-refractivity contribution is 7.92. The van der Waals surface area contributed by atoms with Gasteiger partial charge in [0.1, 0.15) is 18.3 Å². The third kappa shape index (κ3) is 8.38. The van der Waals surface area contributed by atoms with Crippen LogP contribution in [-0.2, 0) is 26.2 Å². The van der Waals surface area contributed by atoms with Gasteiger partial charge in [-0.15, -0.1) is 0 Å². The lowest BCUT2D eigenvalue weighted by Crippen LogP contribution is -2.53. The molecule has 3 rings (SSSR count). The van der Waals surface area contributed by atoms with E-state index < -0.39 is 28.5 Å². The van der Waals surface area contributed by atoms with Crippen LogP contribution in [0, 0.1) is 0 Å². The summed E-state index contributed by atoms with van der Waals surface area (Å²) in [5.74, 6) is -0.358. The zero-order valence-corrected chi connectivity index (χ0v) is 25.8. The monoisotopic (exact) mass is 619 g/mol. The van der Waals surface area contributed by atoms with Gasteiger partial charge in [-0.2, -0.15) is 0 Å². The molecule has 0 saturated heterocycles. The molecule has 3 aromatic carbocycles. The van der Waals surface area contributed by atoms with Crippen LogP contribution >= 0.6 is 23.2 Å². The molecule has 220 valence electrons. The molecular weight excluding hydrogens is 585 g/mol. The number of rotatable bonds is 13. The molecule has 0 saturated carbocycles. The van der Waals surface area contributed by atoms with E-state index in [1.165, 1.54) is 48.4 Å². The van der Waals surface area contributed by atoms with Crippen molar-refractivity contribution < 1.29 is 22.7 Å². The molecule has 0 aliphatic carbocycles. The predicted octanol–water partition coefficient (Wildman–Crippen LogP) is 5.92. The number of benzene rings is 3. The smallest absolute Gasteiger partial charge is 0.264 e. The Kier molecular flexibility index (Phi) is 11.5. The first-order valence-electron chi connectivity index (χ1n) is 13.3. The summed E-state index contributed by atoms with van der Waals surface area (Å²) >= 11 is 12.1. The summed E-state index contributed by atoms with van der Waals surface area (Å²) in [5.41, 5.74) is 0.996. The van der Waals surface area contributed by atoms with E-state index in [1.807, 2.05) is 20.8 Å². The molecule has 2 amide bonds. The van der Waals surface area contributed by atoms with Crippen molar-refractivity contribution in [1.29, 1.82) is 0 Å². The van der Waals surface area contributed by atoms with E-state index >= 15 is 0 Å². The van der Waals surface area contributed by atoms with Crippen molar-refractivity contribution in [3.05, 3.63) is 88.4 Å². The van der Waals surface area contributed by atoms with E-state index in [9.17, 15) is 18.0 Å². The Morgan fingerprint density at radius 3 is 1.95 bits per heavy atom. The van der Waals surface area contributed by atoms with Crippen LogP contribution in [-0.4, -0.2) is 50.9 Å². The molecule has 0 aromatic heterocycles. The highest BCUT2D eigenvalue weighted by Crippen LogP contribution is 2.27. The van der Waals surface area contributed by atoms with E-state index in [1.54, 1.807) is 36.4 Å². The summed E-state index contributed by atoms with van der Waals surface area (Å²) in [5, 5.41) is 3.91. The quantitative estimate of drug-likeness (QED) is 0.256. The molecule has 0 radical (unpaired) electrons. The van der Waals surface area contributed by atoms with Gasteiger partial charge in [0.15, 0.2) is 0 Å². The molecule has 11 heteroatoms. The molecule has 0 spiro atoms. The predicted molar refractivity (Wildman–Crippen MR) is 163 cm³/mol. The molecule has 8 nitrogen and oxygen atoms in total. The number of halogens is 2. The van der Waals surface area contributed by atoms with Gasteiger partial charge in [0, 0.05) is 22.6 Å². The number of nitrogens with one attached hydrogen (secondary N) is 1. The molecule has 0 bridgehead atoms. The van der Waals surface area contributed by atoms with Crippen molar-refractivity contribution in [1.82, 2.24) is 10.2 Å². The van der Waals surface area contributed by atoms with Gasteiger partial charge in [0.2, 0.25) is 11.8 Å². The van der Waals surface area contributed by atoms with Crippen LogP contribution in [0.1, 0.15) is 39.2 Å². The Morgan fingerprint density at radius 1 is 0.878 bits per heavy atom. The number of amides is 2. The summed E-state index contributed by atoms with van der Waals surface area (Å²) in [6.45, 7) is 5.19. The summed E-state index contributed by atoms with van der Waals surface area (Å²) in [6, 6.07) is 18.1. The number of sulfonamides is 1. The maximum Gasteiger partial charge on any atom is 0.264 e. The van der Waals surface area contributed by atoms with E-state index in [0.717, 1.165) is 16.3 Å². The molecule has 3 aromatic rings. The Labute approximate surface area is 252 Å². The van der Waals surface area contributed by atoms with Gasteiger partial charge in [-0.3, -0.25) is 13.9 Å². The number of carbonyl (C=O) groups is 2. The van der Waals surface area contributed by atoms with Crippen LogP contribution in [0.4, 0.5) is 5.69 Å². The van der Waals surface area contributed by atoms with Crippen molar-refractivity contribution in [3.8, 4) is 5.75 Å². The Morgan fingerprint density at radius 2 is 1.44 bits per heavy atom. The molecular formula is C30H35Cl2N3O5S. The average Bonchev–Trinajstić information content (AvgIpc) is 2.97. The van der Waals surface area contributed by atoms with Crippen LogP contribution in [0.2, 0.25) is 10.0 Å². The van der Waals surface area contributed by atoms with Crippen molar-refractivity contribution in [2.75, 3.05) is 18.0 Å². The third-order valence-electron chi connectivity index (χ3n) is 6.69. The summed E-state index contributed by atoms with van der Waals surface area (Å²) in [7, 11) is -2.72. The van der Waals surface area contributed by atoms with Gasteiger partial charge in [0.25, 0.3) is 10.0 Å². The van der Waals surface area contributed by atoms with Gasteiger partial charge in [-0.25, -0.2) is 8.42 Å². The maximum absolute atomic E-state index is 14.1. The minimum atomic E-state index is -4.21. The highest BCUT2D eigenvalue weighted by Gasteiger charge is 2.34. The van der Waals surface area contributed by atoms with Gasteiger partial charge >= 0.3 is 0 Å². The molecule has 0 fully saturated rings. The minimum absolute atomic E-state index is 0.0214. The highest BCUT2D eigenvalue weighted by atomic mass is 35.5. The lowest BCUT2D eigenvalue weighted by Gasteiger charge is -2.33. The van der Waals surface area contributed by atoms with Gasteiger partial charge in [-0.05, 0) is 86.0 Å². The fourth-order valence-electron chi connectivity index (χ4n) is 4.16. The van der Waals surface area contributed by atoms with E-state index in [0.29, 0.717) is 22.2 Å². The molecule has 2 atom stereocenters. The second-order valence-electron chi connectivity index (χ2n) is 9.55. The fraction of sp³-hybridized carbons (Fsp3) is 0.333. The van der Waals surface area contributed by atoms with E-state index in [-0.39, 0.29) is 29.1 Å². The van der Waals surface area contributed by atoms with Gasteiger partial charge < -0.3 is 15.0 Å². The lowest BCUT2D eigenvalue weighted by molar-refractivity contribution is -0.140. The number of nitrogens with zero attached hydrogens (tertiary/aromatic N) is 2. The first-order chi connectivity index (χ1) is 19.5. The van der Waals surface area contributed by atoms with E-state index in [2.05, 4.69) is 5.32 Å². The van der Waals surface area contributed by atoms with Crippen LogP contribution in [0.5, 0.6) is 5.75 Å². The van der Waals surface area contributed by atoms with Crippen LogP contribution in [0.15, 0.2) is 77.7 Å². The topological polar surface area (TPSA) is 96.0 Å². The summed E-state index contributed by atoms with van der Waals surface area (Å²) in [4.78, 5) is 28.8. The average molecular weight is 621 g/mol. The number of ether oxygens (including phenoxy) is 1. The second-order valence-corrected chi connectivity index (χ2v) is 12.3. The number of carbonyl (C=O) groups excluding carboxylic acids is 2. The van der Waals surface area contributed by atoms with Crippen molar-refractivity contribution in [3.63, 3.8) is 0 Å². The maximum atomic E-state index is 14.1. The van der Waals surface area contributed by atoms with Crippen LogP contribution in [0.3, 0.4) is 0 Å².